The molecule has 2 heterocycles. The number of morpholine rings is 1. The molecule has 9 heteroatoms. The molecule has 0 radical (unpaired) electrons. The summed E-state index contributed by atoms with van der Waals surface area (Å²) in [6, 6.07) is 7.66. The minimum Gasteiger partial charge on any atom is -0.480 e. The molecule has 0 spiro atoms. The van der Waals surface area contributed by atoms with Crippen molar-refractivity contribution in [2.45, 2.75) is 19.6 Å². The summed E-state index contributed by atoms with van der Waals surface area (Å²) in [6.45, 7) is 2.28. The zero-order chi connectivity index (χ0) is 19.4. The molecular formula is C18H22N4O5. The van der Waals surface area contributed by atoms with Gasteiger partial charge >= 0.3 is 5.97 Å². The van der Waals surface area contributed by atoms with Crippen LogP contribution in [0.3, 0.4) is 0 Å². The number of ether oxygens (including phenoxy) is 1. The Hall–Kier alpha value is -2.94. The Morgan fingerprint density at radius 1 is 1.33 bits per heavy atom. The number of hydrogen-bond donors (Lipinski definition) is 1. The summed E-state index contributed by atoms with van der Waals surface area (Å²) >= 11 is 0. The fourth-order valence-electron chi connectivity index (χ4n) is 3.15. The first-order valence-corrected chi connectivity index (χ1v) is 8.71. The van der Waals surface area contributed by atoms with Gasteiger partial charge in [-0.1, -0.05) is 18.2 Å². The van der Waals surface area contributed by atoms with Crippen molar-refractivity contribution in [3.63, 3.8) is 0 Å². The first kappa shape index (κ1) is 18.8. The number of carboxylic acids is 1. The molecule has 0 saturated carbocycles. The van der Waals surface area contributed by atoms with Crippen LogP contribution in [0.2, 0.25) is 0 Å². The van der Waals surface area contributed by atoms with E-state index < -0.39 is 12.1 Å². The first-order chi connectivity index (χ1) is 12.9. The summed E-state index contributed by atoms with van der Waals surface area (Å²) in [7, 11) is 0. The number of rotatable bonds is 6. The number of carbonyl (C=O) groups excluding carboxylic acids is 2. The van der Waals surface area contributed by atoms with E-state index in [-0.39, 0.29) is 31.4 Å². The van der Waals surface area contributed by atoms with Crippen LogP contribution in [0.4, 0.5) is 0 Å². The molecule has 1 aliphatic heterocycles. The maximum Gasteiger partial charge on any atom is 0.323 e. The number of hydrogen-bond acceptors (Lipinski definition) is 5. The smallest absolute Gasteiger partial charge is 0.323 e. The SMILES string of the molecule is CC(=O)N(CC(=O)O)CC1CN(C(=O)Cn2ncc3ccccc32)CCO1. The molecule has 144 valence electrons. The van der Waals surface area contributed by atoms with E-state index in [0.717, 1.165) is 10.9 Å². The van der Waals surface area contributed by atoms with E-state index in [1.54, 1.807) is 15.8 Å². The summed E-state index contributed by atoms with van der Waals surface area (Å²) in [6.07, 6.45) is 1.31. The fourth-order valence-corrected chi connectivity index (χ4v) is 3.15. The van der Waals surface area contributed by atoms with Crippen LogP contribution in [-0.2, 0) is 25.7 Å². The molecule has 1 N–H and O–H groups in total. The summed E-state index contributed by atoms with van der Waals surface area (Å²) in [5.41, 5.74) is 0.889. The molecule has 27 heavy (non-hydrogen) atoms. The Morgan fingerprint density at radius 2 is 2.11 bits per heavy atom. The van der Waals surface area contributed by atoms with E-state index in [1.165, 1.54) is 11.8 Å². The zero-order valence-electron chi connectivity index (χ0n) is 15.1. The van der Waals surface area contributed by atoms with Gasteiger partial charge in [0.1, 0.15) is 13.1 Å². The number of para-hydroxylation sites is 1. The van der Waals surface area contributed by atoms with Gasteiger partial charge < -0.3 is 19.6 Å². The van der Waals surface area contributed by atoms with Crippen LogP contribution in [0.15, 0.2) is 30.5 Å². The van der Waals surface area contributed by atoms with E-state index in [0.29, 0.717) is 19.7 Å². The number of amides is 2. The second-order valence-corrected chi connectivity index (χ2v) is 6.49. The van der Waals surface area contributed by atoms with Gasteiger partial charge in [0, 0.05) is 31.9 Å². The Bertz CT molecular complexity index is 849. The van der Waals surface area contributed by atoms with Gasteiger partial charge in [-0.15, -0.1) is 0 Å². The van der Waals surface area contributed by atoms with Gasteiger partial charge in [-0.25, -0.2) is 0 Å². The van der Waals surface area contributed by atoms with Gasteiger partial charge in [0.25, 0.3) is 0 Å². The molecule has 1 aromatic carbocycles. The van der Waals surface area contributed by atoms with E-state index in [9.17, 15) is 14.4 Å². The molecule has 1 unspecified atom stereocenters. The lowest BCUT2D eigenvalue weighted by molar-refractivity contribution is -0.148. The van der Waals surface area contributed by atoms with Crippen molar-refractivity contribution in [2.75, 3.05) is 32.8 Å². The maximum absolute atomic E-state index is 12.7. The highest BCUT2D eigenvalue weighted by atomic mass is 16.5. The van der Waals surface area contributed by atoms with Gasteiger partial charge in [-0.2, -0.15) is 5.10 Å². The highest BCUT2D eigenvalue weighted by Gasteiger charge is 2.27. The molecule has 1 atom stereocenters. The molecule has 9 nitrogen and oxygen atoms in total. The number of carboxylic acid groups (broad SMARTS) is 1. The highest BCUT2D eigenvalue weighted by Crippen LogP contribution is 2.14. The molecule has 0 bridgehead atoms. The van der Waals surface area contributed by atoms with Crippen LogP contribution in [0.5, 0.6) is 0 Å². The Labute approximate surface area is 156 Å². The number of nitrogens with zero attached hydrogens (tertiary/aromatic N) is 4. The molecule has 2 amide bonds. The van der Waals surface area contributed by atoms with Gasteiger partial charge in [0.05, 0.1) is 24.4 Å². The monoisotopic (exact) mass is 374 g/mol. The van der Waals surface area contributed by atoms with E-state index >= 15 is 0 Å². The van der Waals surface area contributed by atoms with Gasteiger partial charge in [-0.05, 0) is 6.07 Å². The van der Waals surface area contributed by atoms with E-state index in [4.69, 9.17) is 9.84 Å². The Kier molecular flexibility index (Phi) is 5.70. The van der Waals surface area contributed by atoms with Crippen LogP contribution in [0.25, 0.3) is 10.9 Å². The van der Waals surface area contributed by atoms with Crippen molar-refractivity contribution >= 4 is 28.7 Å². The number of carbonyl (C=O) groups is 3. The van der Waals surface area contributed by atoms with Crippen LogP contribution in [0, 0.1) is 0 Å². The average Bonchev–Trinajstić information content (AvgIpc) is 3.04. The second kappa shape index (κ2) is 8.17. The second-order valence-electron chi connectivity index (χ2n) is 6.49. The normalized spacial score (nSPS) is 17.1. The number of aromatic nitrogens is 2. The van der Waals surface area contributed by atoms with Gasteiger partial charge in [-0.3, -0.25) is 19.1 Å². The maximum atomic E-state index is 12.7. The third-order valence-electron chi connectivity index (χ3n) is 4.52. The largest absolute Gasteiger partial charge is 0.480 e. The van der Waals surface area contributed by atoms with Crippen LogP contribution >= 0.6 is 0 Å². The van der Waals surface area contributed by atoms with E-state index in [1.807, 2.05) is 24.3 Å². The summed E-state index contributed by atoms with van der Waals surface area (Å²) in [5, 5.41) is 14.2. The molecule has 1 fully saturated rings. The van der Waals surface area contributed by atoms with Crippen LogP contribution in [-0.4, -0.2) is 81.4 Å². The van der Waals surface area contributed by atoms with Crippen molar-refractivity contribution in [3.8, 4) is 0 Å². The third kappa shape index (κ3) is 4.62. The topological polar surface area (TPSA) is 105 Å². The minimum atomic E-state index is -1.08. The van der Waals surface area contributed by atoms with Gasteiger partial charge in [0.15, 0.2) is 0 Å². The number of benzene rings is 1. The molecule has 0 aliphatic carbocycles. The lowest BCUT2D eigenvalue weighted by Crippen LogP contribution is -2.51. The fraction of sp³-hybridized carbons (Fsp3) is 0.444. The van der Waals surface area contributed by atoms with Crippen molar-refractivity contribution in [2.24, 2.45) is 0 Å². The van der Waals surface area contributed by atoms with Crippen molar-refractivity contribution in [1.82, 2.24) is 19.6 Å². The van der Waals surface area contributed by atoms with Crippen molar-refractivity contribution < 1.29 is 24.2 Å². The highest BCUT2D eigenvalue weighted by molar-refractivity contribution is 5.82. The minimum absolute atomic E-state index is 0.0928. The zero-order valence-corrected chi connectivity index (χ0v) is 15.1. The summed E-state index contributed by atoms with van der Waals surface area (Å²) in [4.78, 5) is 38.1. The summed E-state index contributed by atoms with van der Waals surface area (Å²) < 4.78 is 7.28. The average molecular weight is 374 g/mol. The Morgan fingerprint density at radius 3 is 2.85 bits per heavy atom. The first-order valence-electron chi connectivity index (χ1n) is 8.71. The molecular weight excluding hydrogens is 352 g/mol. The van der Waals surface area contributed by atoms with Crippen LogP contribution in [0.1, 0.15) is 6.92 Å². The number of fused-ring (bicyclic) bond motifs is 1. The standard InChI is InChI=1S/C18H22N4O5/c1-13(23)21(12-18(25)26)10-15-9-20(6-7-27-15)17(24)11-22-16-5-3-2-4-14(16)8-19-22/h2-5,8,15H,6-7,9-12H2,1H3,(H,25,26). The molecule has 1 aliphatic rings. The number of aliphatic carboxylic acids is 1. The molecule has 3 rings (SSSR count). The van der Waals surface area contributed by atoms with Crippen molar-refractivity contribution in [3.05, 3.63) is 30.5 Å². The molecule has 1 aromatic heterocycles. The third-order valence-corrected chi connectivity index (χ3v) is 4.52. The molecule has 2 aromatic rings. The summed E-state index contributed by atoms with van der Waals surface area (Å²) in [5.74, 6) is -1.52. The van der Waals surface area contributed by atoms with E-state index in [2.05, 4.69) is 5.10 Å². The lowest BCUT2D eigenvalue weighted by Gasteiger charge is -2.35. The van der Waals surface area contributed by atoms with Gasteiger partial charge in [0.2, 0.25) is 11.8 Å². The van der Waals surface area contributed by atoms with Crippen LogP contribution < -0.4 is 0 Å². The quantitative estimate of drug-likeness (QED) is 0.774. The lowest BCUT2D eigenvalue weighted by atomic mass is 10.2. The predicted molar refractivity (Wildman–Crippen MR) is 95.9 cm³/mol. The molecule has 1 saturated heterocycles. The predicted octanol–water partition coefficient (Wildman–Crippen LogP) is 0.197. The Balaban J connectivity index is 1.62. The van der Waals surface area contributed by atoms with Crippen molar-refractivity contribution in [1.29, 1.82) is 0 Å².